The lowest BCUT2D eigenvalue weighted by Crippen LogP contribution is -2.34. The lowest BCUT2D eigenvalue weighted by molar-refractivity contribution is -0.385. The summed E-state index contributed by atoms with van der Waals surface area (Å²) < 4.78 is 19.0. The van der Waals surface area contributed by atoms with Crippen molar-refractivity contribution in [1.29, 1.82) is 0 Å². The molecule has 1 aliphatic rings. The molecule has 0 saturated heterocycles. The maximum atomic E-state index is 14.0. The van der Waals surface area contributed by atoms with Crippen molar-refractivity contribution in [2.24, 2.45) is 0 Å². The van der Waals surface area contributed by atoms with Crippen LogP contribution in [0.25, 0.3) is 0 Å². The van der Waals surface area contributed by atoms with E-state index in [1.807, 2.05) is 4.90 Å². The number of nitro groups is 1. The van der Waals surface area contributed by atoms with Gasteiger partial charge in [-0.15, -0.1) is 0 Å². The van der Waals surface area contributed by atoms with Gasteiger partial charge in [-0.25, -0.2) is 4.39 Å². The number of benzene rings is 2. The van der Waals surface area contributed by atoms with E-state index in [0.717, 1.165) is 12.8 Å². The highest BCUT2D eigenvalue weighted by molar-refractivity contribution is 5.93. The predicted molar refractivity (Wildman–Crippen MR) is 103 cm³/mol. The van der Waals surface area contributed by atoms with Crippen LogP contribution in [0.2, 0.25) is 0 Å². The summed E-state index contributed by atoms with van der Waals surface area (Å²) in [5, 5.41) is 13.9. The molecular formula is C20H22FN3O4. The summed E-state index contributed by atoms with van der Waals surface area (Å²) in [4.78, 5) is 25.1. The highest BCUT2D eigenvalue weighted by atomic mass is 19.1. The number of ether oxygens (including phenoxy) is 1. The number of halogens is 1. The van der Waals surface area contributed by atoms with Crippen LogP contribution in [0.15, 0.2) is 36.4 Å². The Bertz CT molecular complexity index is 899. The summed E-state index contributed by atoms with van der Waals surface area (Å²) in [5.74, 6) is -0.469. The second-order valence-corrected chi connectivity index (χ2v) is 6.87. The largest absolute Gasteiger partial charge is 0.490 e. The van der Waals surface area contributed by atoms with E-state index in [0.29, 0.717) is 23.4 Å². The predicted octanol–water partition coefficient (Wildman–Crippen LogP) is 3.65. The van der Waals surface area contributed by atoms with Gasteiger partial charge in [-0.05, 0) is 31.4 Å². The summed E-state index contributed by atoms with van der Waals surface area (Å²) in [7, 11) is 1.34. The van der Waals surface area contributed by atoms with Gasteiger partial charge in [-0.1, -0.05) is 18.2 Å². The summed E-state index contributed by atoms with van der Waals surface area (Å²) in [5.41, 5.74) is 1.41. The number of hydrogen-bond acceptors (Lipinski definition) is 5. The van der Waals surface area contributed by atoms with E-state index in [1.165, 1.54) is 25.3 Å². The van der Waals surface area contributed by atoms with Gasteiger partial charge < -0.3 is 10.1 Å². The maximum Gasteiger partial charge on any atom is 0.311 e. The molecule has 0 radical (unpaired) electrons. The van der Waals surface area contributed by atoms with Crippen molar-refractivity contribution in [3.8, 4) is 5.75 Å². The third kappa shape index (κ3) is 4.64. The van der Waals surface area contributed by atoms with Crippen LogP contribution in [0.3, 0.4) is 0 Å². The number of aryl methyl sites for hydroxylation is 1. The van der Waals surface area contributed by atoms with Crippen molar-refractivity contribution in [3.05, 3.63) is 63.5 Å². The molecule has 1 amide bonds. The van der Waals surface area contributed by atoms with E-state index in [9.17, 15) is 19.3 Å². The normalized spacial score (nSPS) is 13.4. The van der Waals surface area contributed by atoms with Gasteiger partial charge in [0.1, 0.15) is 5.82 Å². The lowest BCUT2D eigenvalue weighted by Gasteiger charge is -2.22. The quantitative estimate of drug-likeness (QED) is 0.552. The van der Waals surface area contributed by atoms with Crippen LogP contribution in [-0.4, -0.2) is 35.4 Å². The van der Waals surface area contributed by atoms with Crippen molar-refractivity contribution >= 4 is 17.3 Å². The molecule has 7 nitrogen and oxygen atoms in total. The molecular weight excluding hydrogens is 365 g/mol. The van der Waals surface area contributed by atoms with Crippen molar-refractivity contribution in [2.75, 3.05) is 19.0 Å². The fraction of sp³-hybridized carbons (Fsp3) is 0.350. The van der Waals surface area contributed by atoms with Gasteiger partial charge in [0, 0.05) is 36.0 Å². The second-order valence-electron chi connectivity index (χ2n) is 6.87. The molecule has 8 heteroatoms. The minimum Gasteiger partial charge on any atom is -0.490 e. The Kier molecular flexibility index (Phi) is 5.89. The van der Waals surface area contributed by atoms with Gasteiger partial charge in [-0.2, -0.15) is 0 Å². The maximum absolute atomic E-state index is 14.0. The van der Waals surface area contributed by atoms with Crippen LogP contribution >= 0.6 is 0 Å². The highest BCUT2D eigenvalue weighted by Crippen LogP contribution is 2.33. The first-order valence-corrected chi connectivity index (χ1v) is 8.99. The van der Waals surface area contributed by atoms with Gasteiger partial charge in [0.2, 0.25) is 5.91 Å². The number of methoxy groups -OCH3 is 1. The first kappa shape index (κ1) is 19.8. The van der Waals surface area contributed by atoms with Gasteiger partial charge >= 0.3 is 5.69 Å². The summed E-state index contributed by atoms with van der Waals surface area (Å²) in [6.07, 6.45) is 1.96. The van der Waals surface area contributed by atoms with Crippen LogP contribution < -0.4 is 10.1 Å². The first-order valence-electron chi connectivity index (χ1n) is 8.99. The fourth-order valence-corrected chi connectivity index (χ4v) is 3.09. The van der Waals surface area contributed by atoms with Gasteiger partial charge in [0.25, 0.3) is 0 Å². The van der Waals surface area contributed by atoms with Crippen LogP contribution in [-0.2, 0) is 11.3 Å². The van der Waals surface area contributed by atoms with E-state index in [2.05, 4.69) is 5.32 Å². The number of carbonyl (C=O) groups is 1. The molecule has 1 saturated carbocycles. The van der Waals surface area contributed by atoms with Gasteiger partial charge in [0.15, 0.2) is 5.75 Å². The van der Waals surface area contributed by atoms with Crippen molar-refractivity contribution in [2.45, 2.75) is 32.4 Å². The van der Waals surface area contributed by atoms with E-state index in [-0.39, 0.29) is 35.7 Å². The zero-order valence-electron chi connectivity index (χ0n) is 15.8. The Balaban J connectivity index is 1.71. The molecule has 2 aromatic carbocycles. The van der Waals surface area contributed by atoms with Crippen molar-refractivity contribution in [1.82, 2.24) is 4.90 Å². The third-order valence-electron chi connectivity index (χ3n) is 4.74. The molecule has 2 aromatic rings. The minimum absolute atomic E-state index is 0.0799. The summed E-state index contributed by atoms with van der Waals surface area (Å²) >= 11 is 0. The number of nitrogens with one attached hydrogen (secondary N) is 1. The standard InChI is InChI=1S/C20H22FN3O4/c1-13-9-18(24(26)27)19(28-2)10-17(13)22-20(25)12-23(15-7-8-15)11-14-5-3-4-6-16(14)21/h3-6,9-10,15H,7-8,11-12H2,1-2H3,(H,22,25). The molecule has 1 aliphatic carbocycles. The Hall–Kier alpha value is -3.00. The SMILES string of the molecule is COc1cc(NC(=O)CN(Cc2ccccc2F)C2CC2)c(C)cc1[N+](=O)[O-]. The van der Waals surface area contributed by atoms with Crippen LogP contribution in [0, 0.1) is 22.9 Å². The number of nitro benzene ring substituents is 1. The van der Waals surface area contributed by atoms with E-state index < -0.39 is 4.92 Å². The number of nitrogens with zero attached hydrogens (tertiary/aromatic N) is 2. The molecule has 0 atom stereocenters. The Morgan fingerprint density at radius 1 is 1.36 bits per heavy atom. The zero-order valence-corrected chi connectivity index (χ0v) is 15.8. The molecule has 148 valence electrons. The Morgan fingerprint density at radius 3 is 2.68 bits per heavy atom. The summed E-state index contributed by atoms with van der Waals surface area (Å²) in [6.45, 7) is 2.14. The summed E-state index contributed by atoms with van der Waals surface area (Å²) in [6, 6.07) is 9.61. The van der Waals surface area contributed by atoms with Gasteiger partial charge in [0.05, 0.1) is 18.6 Å². The topological polar surface area (TPSA) is 84.7 Å². The Labute approximate surface area is 162 Å². The van der Waals surface area contributed by atoms with E-state index in [1.54, 1.807) is 25.1 Å². The molecule has 0 aliphatic heterocycles. The monoisotopic (exact) mass is 387 g/mol. The van der Waals surface area contributed by atoms with Crippen molar-refractivity contribution < 1.29 is 18.8 Å². The lowest BCUT2D eigenvalue weighted by atomic mass is 10.1. The molecule has 0 bridgehead atoms. The molecule has 0 aromatic heterocycles. The molecule has 0 spiro atoms. The molecule has 1 N–H and O–H groups in total. The number of amides is 1. The number of hydrogen-bond donors (Lipinski definition) is 1. The highest BCUT2D eigenvalue weighted by Gasteiger charge is 2.31. The van der Waals surface area contributed by atoms with Crippen molar-refractivity contribution in [3.63, 3.8) is 0 Å². The first-order chi connectivity index (χ1) is 13.4. The second kappa shape index (κ2) is 8.35. The van der Waals surface area contributed by atoms with Crippen LogP contribution in [0.4, 0.5) is 15.8 Å². The number of rotatable bonds is 8. The molecule has 0 unspecified atom stereocenters. The average Bonchev–Trinajstić information content (AvgIpc) is 3.49. The van der Waals surface area contributed by atoms with E-state index in [4.69, 9.17) is 4.74 Å². The molecule has 0 heterocycles. The van der Waals surface area contributed by atoms with Crippen LogP contribution in [0.5, 0.6) is 5.75 Å². The fourth-order valence-electron chi connectivity index (χ4n) is 3.09. The van der Waals surface area contributed by atoms with Crippen LogP contribution in [0.1, 0.15) is 24.0 Å². The smallest absolute Gasteiger partial charge is 0.311 e. The van der Waals surface area contributed by atoms with Gasteiger partial charge in [-0.3, -0.25) is 19.8 Å². The Morgan fingerprint density at radius 2 is 2.07 bits per heavy atom. The van der Waals surface area contributed by atoms with E-state index >= 15 is 0 Å². The number of carbonyl (C=O) groups excluding carboxylic acids is 1. The number of anilines is 1. The molecule has 1 fully saturated rings. The molecule has 3 rings (SSSR count). The molecule has 28 heavy (non-hydrogen) atoms. The minimum atomic E-state index is -0.527. The zero-order chi connectivity index (χ0) is 20.3. The third-order valence-corrected chi connectivity index (χ3v) is 4.74. The average molecular weight is 387 g/mol.